The molecular weight excluding hydrogens is 1480 g/mol. The lowest BCUT2D eigenvalue weighted by Gasteiger charge is -2.46. The van der Waals surface area contributed by atoms with Crippen LogP contribution in [0.2, 0.25) is 0 Å². The van der Waals surface area contributed by atoms with Crippen LogP contribution in [-0.2, 0) is 9.47 Å². The Morgan fingerprint density at radius 1 is 0.410 bits per heavy atom. The summed E-state index contributed by atoms with van der Waals surface area (Å²) < 4.78 is 36.0. The smallest absolute Gasteiger partial charge is 0.257 e. The molecule has 0 unspecified atom stereocenters. The minimum atomic E-state index is -2.60. The molecule has 0 bridgehead atoms. The summed E-state index contributed by atoms with van der Waals surface area (Å²) in [7, 11) is 4.47. The summed E-state index contributed by atoms with van der Waals surface area (Å²) in [6, 6.07) is 7.92. The monoisotopic (exact) mass is 1670 g/mol. The van der Waals surface area contributed by atoms with Crippen molar-refractivity contribution in [1.29, 1.82) is 10.5 Å². The van der Waals surface area contributed by atoms with E-state index in [1.165, 1.54) is 187 Å². The van der Waals surface area contributed by atoms with Crippen molar-refractivity contribution in [3.05, 3.63) is 11.4 Å². The van der Waals surface area contributed by atoms with Crippen LogP contribution in [0.15, 0.2) is 0 Å². The molecule has 11 fully saturated rings. The number of nitriles is 2. The molecule has 0 atom stereocenters. The number of hydrogen-bond donors (Lipinski definition) is 1. The van der Waals surface area contributed by atoms with Crippen molar-refractivity contribution >= 4 is 11.8 Å². The van der Waals surface area contributed by atoms with Crippen LogP contribution in [0.25, 0.3) is 4.85 Å². The maximum Gasteiger partial charge on any atom is 0.257 e. The molecule has 0 aliphatic carbocycles. The summed E-state index contributed by atoms with van der Waals surface area (Å²) in [5, 5.41) is 20.0. The Labute approximate surface area is 724 Å². The molecular formula is C94H184F2N18O2S. The fraction of sp³-hybridized carbons (Fsp3) is 0.968. The first-order valence-corrected chi connectivity index (χ1v) is 48.2. The highest BCUT2D eigenvalue weighted by Crippen LogP contribution is 2.30. The van der Waals surface area contributed by atoms with Crippen molar-refractivity contribution in [2.24, 2.45) is 5.92 Å². The third-order valence-electron chi connectivity index (χ3n) is 27.2. The van der Waals surface area contributed by atoms with E-state index >= 15 is 0 Å². The second kappa shape index (κ2) is 51.6. The molecule has 11 aliphatic heterocycles. The largest absolute Gasteiger partial charge is 0.381 e. The van der Waals surface area contributed by atoms with Gasteiger partial charge in [-0.25, -0.2) is 15.4 Å². The first kappa shape index (κ1) is 106. The molecule has 682 valence electrons. The van der Waals surface area contributed by atoms with Gasteiger partial charge in [-0.05, 0) is 256 Å². The van der Waals surface area contributed by atoms with Gasteiger partial charge in [-0.15, -0.1) is 0 Å². The quantitative estimate of drug-likeness (QED) is 0.103. The van der Waals surface area contributed by atoms with Crippen LogP contribution in [0, 0.1) is 35.2 Å². The van der Waals surface area contributed by atoms with Crippen LogP contribution in [0.1, 0.15) is 255 Å². The Morgan fingerprint density at radius 2 is 0.769 bits per heavy atom. The minimum Gasteiger partial charge on any atom is -0.381 e. The van der Waals surface area contributed by atoms with E-state index < -0.39 is 5.92 Å². The topological polar surface area (TPSA) is 128 Å². The molecule has 0 amide bonds. The molecule has 0 saturated carbocycles. The Balaban J connectivity index is 0.000000244. The van der Waals surface area contributed by atoms with Gasteiger partial charge in [0.15, 0.2) is 0 Å². The van der Waals surface area contributed by atoms with E-state index in [9.17, 15) is 8.78 Å². The van der Waals surface area contributed by atoms with Gasteiger partial charge in [-0.2, -0.15) is 22.3 Å². The number of ether oxygens (including phenoxy) is 2. The number of hydrogen-bond acceptors (Lipinski definition) is 20. The molecule has 11 rings (SSSR count). The van der Waals surface area contributed by atoms with E-state index in [4.69, 9.17) is 26.6 Å². The molecule has 23 heteroatoms. The average molecular weight is 1670 g/mol. The van der Waals surface area contributed by atoms with Crippen LogP contribution in [0.3, 0.4) is 0 Å². The molecule has 0 radical (unpaired) electrons. The van der Waals surface area contributed by atoms with E-state index in [1.54, 1.807) is 0 Å². The Bertz CT molecular complexity index is 2710. The zero-order valence-electron chi connectivity index (χ0n) is 80.4. The van der Waals surface area contributed by atoms with Gasteiger partial charge < -0.3 is 39.2 Å². The number of thioether (sulfide) groups is 1. The maximum atomic E-state index is 12.7. The van der Waals surface area contributed by atoms with E-state index in [1.807, 2.05) is 0 Å². The van der Waals surface area contributed by atoms with Gasteiger partial charge in [0, 0.05) is 297 Å². The fourth-order valence-electron chi connectivity index (χ4n) is 18.3. The third-order valence-corrected chi connectivity index (χ3v) is 28.1. The summed E-state index contributed by atoms with van der Waals surface area (Å²) in [6.45, 7) is 94.6. The van der Waals surface area contributed by atoms with E-state index in [0.717, 1.165) is 155 Å². The highest BCUT2D eigenvalue weighted by atomic mass is 32.2. The predicted octanol–water partition coefficient (Wildman–Crippen LogP) is 14.2. The molecule has 11 aliphatic rings. The average Bonchev–Trinajstić information content (AvgIpc) is 0.852. The lowest BCUT2D eigenvalue weighted by atomic mass is 9.95. The van der Waals surface area contributed by atoms with Crippen molar-refractivity contribution < 1.29 is 18.3 Å². The second-order valence-electron chi connectivity index (χ2n) is 43.3. The lowest BCUT2D eigenvalue weighted by molar-refractivity contribution is -0.0788. The second-order valence-corrected chi connectivity index (χ2v) is 44.5. The lowest BCUT2D eigenvalue weighted by Crippen LogP contribution is -2.56. The normalized spacial score (nSPS) is 23.7. The molecule has 0 aromatic rings. The van der Waals surface area contributed by atoms with Crippen LogP contribution in [-0.4, -0.2) is 398 Å². The first-order valence-electron chi connectivity index (χ1n) is 47.0. The highest BCUT2D eigenvalue weighted by Gasteiger charge is 2.38. The standard InChI is InChI=1S/C15H27N3.C14H29N3S.C14H27N3.C14H28N2O.C13H26N2O.C12H24F2N2.C12H23N3/c1-15(2,3)18-11-7-14(8-12-18)17-9-5-13(16-4)6-10-17;1-14(2,3)17-8-6-15(7-9-17)4-5-16-10-12-18-13-11-16;1-14(2,3)17-11-7-13(8-12-17)16(4)10-6-5-9-15;1-14(2,3)16-8-6-15(7-9-16)12-13-4-10-17-11-5-13;1-13(2,3)15-7-5-11(6-8-15)14(4)12-9-16-10-12;1-11(2,3)16-7-5-10(6-8-16)15-9-12(4,13)14;1-12(2,3)15-10-8-14(9-11-15)7-5-4-6-13/h13-14H,5-12H2,1-3H3;4-13H2,1-3H3;13H,5-8,10-12H2,1-4H3;13H,4-12H2,1-3H3;11-12H,5-10H2,1-4H3;10,15H,5-9H2,1-4H3;4-5,7-11H2,1-3H3. The number of likely N-dealkylation sites (N-methyl/N-ethyl adjacent to an activating group) is 1. The molecule has 0 aromatic heterocycles. The number of halogens is 2. The summed E-state index contributed by atoms with van der Waals surface area (Å²) in [4.78, 5) is 39.7. The van der Waals surface area contributed by atoms with Crippen molar-refractivity contribution in [2.45, 2.75) is 336 Å². The van der Waals surface area contributed by atoms with Crippen LogP contribution >= 0.6 is 11.8 Å². The SMILES string of the molecule is CC(C)(C)N1CCN(CC2CCOCC2)CC1.CC(C)(C)N1CCN(CCCC#N)CC1.CC(C)(C)N1CCN(CCN2CCSCC2)CC1.CC(F)(F)CNC1CCN(C(C)(C)C)CC1.CN(C1CCN(C(C)(C)C)CC1)C1COC1.CN(CCCC#N)C1CCN(C(C)(C)C)CC1.[C-]#[N+]C1CCN(C2CCN(C(C)(C)C)CC2)CC1. The number of nitrogens with zero attached hydrogens (tertiary/aromatic N) is 17. The number of piperazine rings is 3. The van der Waals surface area contributed by atoms with Gasteiger partial charge in [-0.1, -0.05) is 0 Å². The minimum absolute atomic E-state index is 0.194. The number of nitrogens with one attached hydrogen (secondary N) is 1. The Morgan fingerprint density at radius 3 is 1.15 bits per heavy atom. The summed E-state index contributed by atoms with van der Waals surface area (Å²) in [5.74, 6) is 0.946. The van der Waals surface area contributed by atoms with Gasteiger partial charge in [0.05, 0.1) is 37.9 Å². The number of alkyl halides is 2. The number of piperidine rings is 5. The van der Waals surface area contributed by atoms with Crippen molar-refractivity contribution in [2.75, 3.05) is 248 Å². The number of likely N-dealkylation sites (tertiary alicyclic amines) is 5. The van der Waals surface area contributed by atoms with Gasteiger partial charge in [0.1, 0.15) is 0 Å². The maximum absolute atomic E-state index is 12.7. The first-order chi connectivity index (χ1) is 54.8. The van der Waals surface area contributed by atoms with Gasteiger partial charge >= 0.3 is 0 Å². The van der Waals surface area contributed by atoms with Crippen molar-refractivity contribution in [3.8, 4) is 12.1 Å². The Kier molecular flexibility index (Phi) is 46.5. The molecule has 11 heterocycles. The molecule has 20 nitrogen and oxygen atoms in total. The predicted molar refractivity (Wildman–Crippen MR) is 493 cm³/mol. The number of unbranched alkanes of at least 4 members (excludes halogenated alkanes) is 2. The molecule has 11 saturated heterocycles. The zero-order valence-corrected chi connectivity index (χ0v) is 81.2. The molecule has 0 aromatic carbocycles. The molecule has 117 heavy (non-hydrogen) atoms. The van der Waals surface area contributed by atoms with E-state index in [0.29, 0.717) is 64.2 Å². The zero-order chi connectivity index (χ0) is 86.8. The number of rotatable bonds is 18. The van der Waals surface area contributed by atoms with Crippen LogP contribution in [0.5, 0.6) is 0 Å². The highest BCUT2D eigenvalue weighted by molar-refractivity contribution is 7.99. The summed E-state index contributed by atoms with van der Waals surface area (Å²) >= 11 is 2.10. The molecule has 1 N–H and O–H groups in total. The van der Waals surface area contributed by atoms with Crippen LogP contribution < -0.4 is 5.32 Å². The van der Waals surface area contributed by atoms with Crippen molar-refractivity contribution in [3.63, 3.8) is 0 Å². The van der Waals surface area contributed by atoms with Gasteiger partial charge in [-0.3, -0.25) is 49.0 Å². The molecule has 0 spiro atoms. The van der Waals surface area contributed by atoms with Crippen LogP contribution in [0.4, 0.5) is 8.78 Å². The van der Waals surface area contributed by atoms with Gasteiger partial charge in [0.25, 0.3) is 5.92 Å². The van der Waals surface area contributed by atoms with E-state index in [-0.39, 0.29) is 18.1 Å². The summed E-state index contributed by atoms with van der Waals surface area (Å²) in [6.07, 6.45) is 17.8. The third kappa shape index (κ3) is 41.8. The van der Waals surface area contributed by atoms with Gasteiger partial charge in [0.2, 0.25) is 6.04 Å². The fourth-order valence-corrected chi connectivity index (χ4v) is 19.3. The van der Waals surface area contributed by atoms with E-state index in [2.05, 4.69) is 262 Å². The summed E-state index contributed by atoms with van der Waals surface area (Å²) in [5.41, 5.74) is 2.15. The Hall–Kier alpha value is -2.00. The van der Waals surface area contributed by atoms with Crippen molar-refractivity contribution in [1.82, 2.24) is 73.9 Å².